The molecule has 0 saturated heterocycles. The third-order valence-electron chi connectivity index (χ3n) is 4.09. The molecular weight excluding hydrogens is 396 g/mol. The van der Waals surface area contributed by atoms with Crippen LogP contribution in [-0.4, -0.2) is 40.1 Å². The number of sulfonamides is 1. The molecule has 156 valence electrons. The summed E-state index contributed by atoms with van der Waals surface area (Å²) in [6.07, 6.45) is -1.00. The third-order valence-corrected chi connectivity index (χ3v) is 5.46. The average Bonchev–Trinajstić information content (AvgIpc) is 2.68. The van der Waals surface area contributed by atoms with E-state index in [0.717, 1.165) is 0 Å². The first-order valence-electron chi connectivity index (χ1n) is 8.94. The first-order chi connectivity index (χ1) is 13.7. The summed E-state index contributed by atoms with van der Waals surface area (Å²) in [5.74, 6) is -0.610. The average molecular weight is 420 g/mol. The molecule has 0 spiro atoms. The fraction of sp³-hybridized carbons (Fsp3) is 0.300. The molecule has 0 aliphatic heterocycles. The van der Waals surface area contributed by atoms with Crippen LogP contribution >= 0.6 is 0 Å². The van der Waals surface area contributed by atoms with Crippen molar-refractivity contribution in [1.82, 2.24) is 5.32 Å². The lowest BCUT2D eigenvalue weighted by molar-refractivity contribution is -0.128. The summed E-state index contributed by atoms with van der Waals surface area (Å²) >= 11 is 0. The molecule has 9 heteroatoms. The lowest BCUT2D eigenvalue weighted by atomic mass is 10.1. The monoisotopic (exact) mass is 420 g/mol. The van der Waals surface area contributed by atoms with Gasteiger partial charge in [-0.15, -0.1) is 0 Å². The third kappa shape index (κ3) is 5.71. The molecular formula is C20H24N2O6S. The topological polar surface area (TPSA) is 111 Å². The Morgan fingerprint density at radius 1 is 1.10 bits per heavy atom. The number of esters is 1. The Balaban J connectivity index is 2.23. The lowest BCUT2D eigenvalue weighted by Gasteiger charge is -2.15. The maximum absolute atomic E-state index is 12.7. The summed E-state index contributed by atoms with van der Waals surface area (Å²) in [7, 11) is -2.42. The highest BCUT2D eigenvalue weighted by Gasteiger charge is 2.22. The number of benzene rings is 2. The Hall–Kier alpha value is -3.07. The molecule has 0 unspecified atom stereocenters. The molecule has 29 heavy (non-hydrogen) atoms. The molecule has 0 radical (unpaired) electrons. The zero-order valence-electron chi connectivity index (χ0n) is 16.7. The minimum atomic E-state index is -3.94. The number of nitrogens with one attached hydrogen (secondary N) is 2. The molecule has 2 aromatic rings. The van der Waals surface area contributed by atoms with Gasteiger partial charge in [0.15, 0.2) is 6.10 Å². The highest BCUT2D eigenvalue weighted by molar-refractivity contribution is 7.92. The van der Waals surface area contributed by atoms with E-state index in [1.165, 1.54) is 32.2 Å². The second-order valence-electron chi connectivity index (χ2n) is 6.25. The van der Waals surface area contributed by atoms with Gasteiger partial charge in [-0.05, 0) is 62.7 Å². The van der Waals surface area contributed by atoms with Crippen molar-refractivity contribution in [3.05, 3.63) is 53.6 Å². The summed E-state index contributed by atoms with van der Waals surface area (Å²) in [5.41, 5.74) is 0.945. The molecule has 8 nitrogen and oxygen atoms in total. The van der Waals surface area contributed by atoms with E-state index < -0.39 is 28.0 Å². The minimum Gasteiger partial charge on any atom is -0.497 e. The van der Waals surface area contributed by atoms with Crippen molar-refractivity contribution in [2.24, 2.45) is 0 Å². The Kier molecular flexibility index (Phi) is 7.22. The molecule has 1 atom stereocenters. The van der Waals surface area contributed by atoms with Crippen LogP contribution in [0.2, 0.25) is 0 Å². The van der Waals surface area contributed by atoms with Crippen LogP contribution in [0.1, 0.15) is 29.8 Å². The first-order valence-corrected chi connectivity index (χ1v) is 10.4. The van der Waals surface area contributed by atoms with E-state index in [1.54, 1.807) is 38.1 Å². The van der Waals surface area contributed by atoms with Crippen LogP contribution in [0.4, 0.5) is 5.69 Å². The number of carbonyl (C=O) groups excluding carboxylic acids is 2. The molecule has 0 aromatic heterocycles. The largest absolute Gasteiger partial charge is 0.497 e. The maximum atomic E-state index is 12.7. The zero-order valence-corrected chi connectivity index (χ0v) is 17.5. The summed E-state index contributed by atoms with van der Waals surface area (Å²) in [4.78, 5) is 24.1. The SMILES string of the molecule is CCNC(=O)[C@@H](C)OC(=O)c1cc(S(=O)(=O)Nc2ccc(OC)cc2)ccc1C. The highest BCUT2D eigenvalue weighted by atomic mass is 32.2. The van der Waals surface area contributed by atoms with E-state index in [1.807, 2.05) is 0 Å². The van der Waals surface area contributed by atoms with Crippen LogP contribution in [0.3, 0.4) is 0 Å². The summed E-state index contributed by atoms with van der Waals surface area (Å²) < 4.78 is 38.1. The minimum absolute atomic E-state index is 0.0683. The number of methoxy groups -OCH3 is 1. The van der Waals surface area contributed by atoms with Crippen LogP contribution < -0.4 is 14.8 Å². The lowest BCUT2D eigenvalue weighted by Crippen LogP contribution is -2.35. The van der Waals surface area contributed by atoms with Gasteiger partial charge in [0.25, 0.3) is 15.9 Å². The normalized spacial score (nSPS) is 12.0. The molecule has 0 bridgehead atoms. The van der Waals surface area contributed by atoms with E-state index in [0.29, 0.717) is 23.5 Å². The van der Waals surface area contributed by atoms with Crippen LogP contribution in [0.15, 0.2) is 47.4 Å². The second-order valence-corrected chi connectivity index (χ2v) is 7.94. The van der Waals surface area contributed by atoms with Crippen molar-refractivity contribution in [2.75, 3.05) is 18.4 Å². The van der Waals surface area contributed by atoms with E-state index in [2.05, 4.69) is 10.0 Å². The van der Waals surface area contributed by atoms with Crippen molar-refractivity contribution < 1.29 is 27.5 Å². The van der Waals surface area contributed by atoms with Gasteiger partial charge in [0.1, 0.15) is 5.75 Å². The van der Waals surface area contributed by atoms with E-state index in [-0.39, 0.29) is 10.5 Å². The van der Waals surface area contributed by atoms with Crippen LogP contribution in [-0.2, 0) is 19.6 Å². The smallest absolute Gasteiger partial charge is 0.339 e. The number of likely N-dealkylation sites (N-methyl/N-ethyl adjacent to an activating group) is 1. The maximum Gasteiger partial charge on any atom is 0.339 e. The summed E-state index contributed by atoms with van der Waals surface area (Å²) in [6.45, 7) is 5.26. The standard InChI is InChI=1S/C20H24N2O6S/c1-5-21-19(23)14(3)28-20(24)18-12-17(11-6-13(18)2)29(25,26)22-15-7-9-16(27-4)10-8-15/h6-12,14,22H,5H2,1-4H3,(H,21,23)/t14-/m1/s1. The van der Waals surface area contributed by atoms with Crippen LogP contribution in [0.5, 0.6) is 5.75 Å². The molecule has 0 heterocycles. The molecule has 0 fully saturated rings. The van der Waals surface area contributed by atoms with Gasteiger partial charge in [-0.2, -0.15) is 0 Å². The number of rotatable bonds is 8. The predicted molar refractivity (Wildman–Crippen MR) is 109 cm³/mol. The molecule has 0 aliphatic carbocycles. The van der Waals surface area contributed by atoms with Crippen molar-refractivity contribution in [2.45, 2.75) is 31.8 Å². The van der Waals surface area contributed by atoms with E-state index in [4.69, 9.17) is 9.47 Å². The van der Waals surface area contributed by atoms with Gasteiger partial charge in [0.05, 0.1) is 17.6 Å². The number of carbonyl (C=O) groups is 2. The number of anilines is 1. The van der Waals surface area contributed by atoms with Crippen molar-refractivity contribution in [3.63, 3.8) is 0 Å². The first kappa shape index (κ1) is 22.2. The molecule has 2 aromatic carbocycles. The van der Waals surface area contributed by atoms with E-state index >= 15 is 0 Å². The van der Waals surface area contributed by atoms with E-state index in [9.17, 15) is 18.0 Å². The van der Waals surface area contributed by atoms with Crippen LogP contribution in [0.25, 0.3) is 0 Å². The van der Waals surface area contributed by atoms with Gasteiger partial charge < -0.3 is 14.8 Å². The second kappa shape index (κ2) is 9.42. The molecule has 2 rings (SSSR count). The number of hydrogen-bond donors (Lipinski definition) is 2. The quantitative estimate of drug-likeness (QED) is 0.635. The fourth-order valence-electron chi connectivity index (χ4n) is 2.46. The Labute approximate surface area is 170 Å². The Bertz CT molecular complexity index is 987. The zero-order chi connectivity index (χ0) is 21.6. The van der Waals surface area contributed by atoms with Crippen molar-refractivity contribution in [3.8, 4) is 5.75 Å². The number of hydrogen-bond acceptors (Lipinski definition) is 6. The molecule has 0 aliphatic rings. The molecule has 0 saturated carbocycles. The number of aryl methyl sites for hydroxylation is 1. The summed E-state index contributed by atoms with van der Waals surface area (Å²) in [6, 6.07) is 10.5. The van der Waals surface area contributed by atoms with Gasteiger partial charge in [-0.3, -0.25) is 9.52 Å². The van der Waals surface area contributed by atoms with Gasteiger partial charge in [-0.1, -0.05) is 6.07 Å². The van der Waals surface area contributed by atoms with Gasteiger partial charge in [0, 0.05) is 12.2 Å². The van der Waals surface area contributed by atoms with Crippen molar-refractivity contribution >= 4 is 27.6 Å². The fourth-order valence-corrected chi connectivity index (χ4v) is 3.54. The Morgan fingerprint density at radius 3 is 2.34 bits per heavy atom. The summed E-state index contributed by atoms with van der Waals surface area (Å²) in [5, 5.41) is 2.56. The number of ether oxygens (including phenoxy) is 2. The van der Waals surface area contributed by atoms with Gasteiger partial charge in [-0.25, -0.2) is 13.2 Å². The molecule has 1 amide bonds. The van der Waals surface area contributed by atoms with Gasteiger partial charge in [0.2, 0.25) is 0 Å². The number of amides is 1. The Morgan fingerprint density at radius 2 is 1.76 bits per heavy atom. The van der Waals surface area contributed by atoms with Crippen LogP contribution in [0, 0.1) is 6.92 Å². The highest BCUT2D eigenvalue weighted by Crippen LogP contribution is 2.22. The molecule has 2 N–H and O–H groups in total. The van der Waals surface area contributed by atoms with Crippen molar-refractivity contribution in [1.29, 1.82) is 0 Å². The predicted octanol–water partition coefficient (Wildman–Crippen LogP) is 2.49. The van der Waals surface area contributed by atoms with Gasteiger partial charge >= 0.3 is 5.97 Å².